The summed E-state index contributed by atoms with van der Waals surface area (Å²) >= 11 is 0. The zero-order chi connectivity index (χ0) is 15.9. The third-order valence-corrected chi connectivity index (χ3v) is 3.50. The van der Waals surface area contributed by atoms with Crippen LogP contribution in [0, 0.1) is 11.3 Å². The van der Waals surface area contributed by atoms with Crippen LogP contribution in [0.3, 0.4) is 0 Å². The van der Waals surface area contributed by atoms with Gasteiger partial charge in [-0.05, 0) is 38.0 Å². The van der Waals surface area contributed by atoms with E-state index >= 15 is 0 Å². The molecule has 0 spiro atoms. The van der Waals surface area contributed by atoms with Gasteiger partial charge in [0, 0.05) is 20.2 Å². The quantitative estimate of drug-likeness (QED) is 0.907. The summed E-state index contributed by atoms with van der Waals surface area (Å²) in [6.07, 6.45) is 2.12. The first-order valence-corrected chi connectivity index (χ1v) is 7.44. The largest absolute Gasteiger partial charge is 0.492 e. The Hall–Kier alpha value is -2.26. The van der Waals surface area contributed by atoms with Gasteiger partial charge in [-0.3, -0.25) is 0 Å². The molecular weight excluding hydrogens is 282 g/mol. The SMILES string of the molecule is CCOc1ccc(C#N)cc1NC(=O)N(C)C[C@@H]1CCCO1. The van der Waals surface area contributed by atoms with Gasteiger partial charge in [0.05, 0.1) is 30.0 Å². The molecule has 0 bridgehead atoms. The summed E-state index contributed by atoms with van der Waals surface area (Å²) in [6, 6.07) is 6.78. The number of carbonyl (C=O) groups is 1. The third kappa shape index (κ3) is 4.12. The van der Waals surface area contributed by atoms with E-state index in [1.165, 1.54) is 0 Å². The van der Waals surface area contributed by atoms with Gasteiger partial charge in [0.25, 0.3) is 0 Å². The summed E-state index contributed by atoms with van der Waals surface area (Å²) in [5.74, 6) is 0.556. The minimum Gasteiger partial charge on any atom is -0.492 e. The van der Waals surface area contributed by atoms with Gasteiger partial charge in [-0.25, -0.2) is 4.79 Å². The van der Waals surface area contributed by atoms with E-state index in [0.29, 0.717) is 30.2 Å². The average molecular weight is 303 g/mol. The van der Waals surface area contributed by atoms with E-state index in [2.05, 4.69) is 11.4 Å². The molecule has 6 nitrogen and oxygen atoms in total. The monoisotopic (exact) mass is 303 g/mol. The van der Waals surface area contributed by atoms with Crippen molar-refractivity contribution >= 4 is 11.7 Å². The Bertz CT molecular complexity index is 562. The van der Waals surface area contributed by atoms with Crippen molar-refractivity contribution < 1.29 is 14.3 Å². The normalized spacial score (nSPS) is 16.9. The van der Waals surface area contributed by atoms with Crippen molar-refractivity contribution in [3.8, 4) is 11.8 Å². The zero-order valence-corrected chi connectivity index (χ0v) is 13.0. The van der Waals surface area contributed by atoms with Crippen molar-refractivity contribution in [2.75, 3.05) is 32.1 Å². The number of nitrogens with zero attached hydrogens (tertiary/aromatic N) is 2. The van der Waals surface area contributed by atoms with E-state index < -0.39 is 0 Å². The van der Waals surface area contributed by atoms with E-state index in [0.717, 1.165) is 19.4 Å². The number of nitriles is 1. The van der Waals surface area contributed by atoms with Crippen LogP contribution >= 0.6 is 0 Å². The first kappa shape index (κ1) is 16.1. The van der Waals surface area contributed by atoms with Crippen molar-refractivity contribution in [1.82, 2.24) is 4.90 Å². The molecule has 6 heteroatoms. The number of carbonyl (C=O) groups excluding carboxylic acids is 1. The predicted octanol–water partition coefficient (Wildman–Crippen LogP) is 2.60. The third-order valence-electron chi connectivity index (χ3n) is 3.50. The molecule has 0 saturated carbocycles. The van der Waals surface area contributed by atoms with E-state index in [4.69, 9.17) is 14.7 Å². The number of hydrogen-bond acceptors (Lipinski definition) is 4. The van der Waals surface area contributed by atoms with Gasteiger partial charge in [-0.1, -0.05) is 0 Å². The molecule has 2 amide bonds. The fourth-order valence-electron chi connectivity index (χ4n) is 2.37. The molecule has 1 aliphatic rings. The second-order valence-electron chi connectivity index (χ2n) is 5.20. The summed E-state index contributed by atoms with van der Waals surface area (Å²) in [4.78, 5) is 13.9. The Kier molecular flexibility index (Phi) is 5.61. The first-order chi connectivity index (χ1) is 10.6. The standard InChI is InChI=1S/C16H21N3O3/c1-3-21-15-7-6-12(10-17)9-14(15)18-16(20)19(2)11-13-5-4-8-22-13/h6-7,9,13H,3-5,8,11H2,1-2H3,(H,18,20)/t13-/m0/s1. The summed E-state index contributed by atoms with van der Waals surface area (Å²) in [6.45, 7) is 3.67. The minimum absolute atomic E-state index is 0.104. The maximum Gasteiger partial charge on any atom is 0.321 e. The maximum atomic E-state index is 12.3. The number of amides is 2. The molecule has 1 N–H and O–H groups in total. The van der Waals surface area contributed by atoms with Crippen molar-refractivity contribution in [2.24, 2.45) is 0 Å². The lowest BCUT2D eigenvalue weighted by molar-refractivity contribution is 0.0894. The van der Waals surface area contributed by atoms with Crippen LogP contribution in [0.1, 0.15) is 25.3 Å². The second-order valence-corrected chi connectivity index (χ2v) is 5.20. The van der Waals surface area contributed by atoms with Crippen LogP contribution in [-0.2, 0) is 4.74 Å². The molecule has 22 heavy (non-hydrogen) atoms. The zero-order valence-electron chi connectivity index (χ0n) is 13.0. The number of rotatable bonds is 5. The van der Waals surface area contributed by atoms with E-state index in [1.54, 1.807) is 30.1 Å². The molecule has 118 valence electrons. The number of ether oxygens (including phenoxy) is 2. The summed E-state index contributed by atoms with van der Waals surface area (Å²) < 4.78 is 11.0. The highest BCUT2D eigenvalue weighted by Crippen LogP contribution is 2.26. The molecule has 2 rings (SSSR count). The lowest BCUT2D eigenvalue weighted by Crippen LogP contribution is -2.37. The van der Waals surface area contributed by atoms with Gasteiger partial charge in [0.15, 0.2) is 0 Å². The molecule has 1 heterocycles. The predicted molar refractivity (Wildman–Crippen MR) is 82.9 cm³/mol. The molecule has 0 unspecified atom stereocenters. The molecular formula is C16H21N3O3. The molecule has 0 radical (unpaired) electrons. The topological polar surface area (TPSA) is 74.6 Å². The highest BCUT2D eigenvalue weighted by atomic mass is 16.5. The van der Waals surface area contributed by atoms with Crippen LogP contribution in [0.2, 0.25) is 0 Å². The van der Waals surface area contributed by atoms with E-state index in [-0.39, 0.29) is 12.1 Å². The van der Waals surface area contributed by atoms with Gasteiger partial charge in [-0.2, -0.15) is 5.26 Å². The van der Waals surface area contributed by atoms with Gasteiger partial charge in [-0.15, -0.1) is 0 Å². The Balaban J connectivity index is 2.04. The number of likely N-dealkylation sites (N-methyl/N-ethyl adjacent to an activating group) is 1. The molecule has 1 aromatic rings. The van der Waals surface area contributed by atoms with Gasteiger partial charge in [0.2, 0.25) is 0 Å². The fourth-order valence-corrected chi connectivity index (χ4v) is 2.37. The Morgan fingerprint density at radius 2 is 2.41 bits per heavy atom. The first-order valence-electron chi connectivity index (χ1n) is 7.44. The Labute approximate surface area is 130 Å². The molecule has 0 aliphatic carbocycles. The lowest BCUT2D eigenvalue weighted by Gasteiger charge is -2.22. The van der Waals surface area contributed by atoms with Crippen molar-refractivity contribution in [3.05, 3.63) is 23.8 Å². The van der Waals surface area contributed by atoms with Crippen molar-refractivity contribution in [2.45, 2.75) is 25.9 Å². The molecule has 1 atom stereocenters. The summed E-state index contributed by atoms with van der Waals surface area (Å²) in [5, 5.41) is 11.8. The van der Waals surface area contributed by atoms with Crippen LogP contribution in [0.5, 0.6) is 5.75 Å². The van der Waals surface area contributed by atoms with Crippen LogP contribution in [0.25, 0.3) is 0 Å². The average Bonchev–Trinajstić information content (AvgIpc) is 3.02. The fraction of sp³-hybridized carbons (Fsp3) is 0.500. The van der Waals surface area contributed by atoms with Gasteiger partial charge >= 0.3 is 6.03 Å². The van der Waals surface area contributed by atoms with Crippen LogP contribution < -0.4 is 10.1 Å². The molecule has 1 aliphatic heterocycles. The molecule has 1 saturated heterocycles. The minimum atomic E-state index is -0.244. The smallest absolute Gasteiger partial charge is 0.321 e. The number of benzene rings is 1. The Morgan fingerprint density at radius 3 is 3.05 bits per heavy atom. The van der Waals surface area contributed by atoms with E-state index in [1.807, 2.05) is 6.92 Å². The van der Waals surface area contributed by atoms with Gasteiger partial charge < -0.3 is 19.7 Å². The summed E-state index contributed by atoms with van der Waals surface area (Å²) in [7, 11) is 1.73. The lowest BCUT2D eigenvalue weighted by atomic mass is 10.2. The van der Waals surface area contributed by atoms with Gasteiger partial charge in [0.1, 0.15) is 5.75 Å². The number of nitrogens with one attached hydrogen (secondary N) is 1. The van der Waals surface area contributed by atoms with E-state index in [9.17, 15) is 4.79 Å². The molecule has 0 aromatic heterocycles. The van der Waals surface area contributed by atoms with Crippen LogP contribution in [-0.4, -0.2) is 43.8 Å². The maximum absolute atomic E-state index is 12.3. The number of hydrogen-bond donors (Lipinski definition) is 1. The summed E-state index contributed by atoms with van der Waals surface area (Å²) in [5.41, 5.74) is 0.977. The molecule has 1 aromatic carbocycles. The Morgan fingerprint density at radius 1 is 1.59 bits per heavy atom. The molecule has 1 fully saturated rings. The van der Waals surface area contributed by atoms with Crippen LogP contribution in [0.15, 0.2) is 18.2 Å². The highest BCUT2D eigenvalue weighted by Gasteiger charge is 2.20. The van der Waals surface area contributed by atoms with Crippen molar-refractivity contribution in [3.63, 3.8) is 0 Å². The van der Waals surface area contributed by atoms with Crippen LogP contribution in [0.4, 0.5) is 10.5 Å². The number of anilines is 1. The second kappa shape index (κ2) is 7.66. The highest BCUT2D eigenvalue weighted by molar-refractivity contribution is 5.91. The number of urea groups is 1. The van der Waals surface area contributed by atoms with Crippen molar-refractivity contribution in [1.29, 1.82) is 5.26 Å².